The number of fused-ring (bicyclic) bond motifs is 1. The van der Waals surface area contributed by atoms with Crippen LogP contribution in [0.1, 0.15) is 22.0 Å². The van der Waals surface area contributed by atoms with Gasteiger partial charge in [0.1, 0.15) is 17.3 Å². The topological polar surface area (TPSA) is 104 Å². The first kappa shape index (κ1) is 18.0. The van der Waals surface area contributed by atoms with Gasteiger partial charge >= 0.3 is 0 Å². The predicted molar refractivity (Wildman–Crippen MR) is 97.0 cm³/mol. The zero-order valence-electron chi connectivity index (χ0n) is 14.9. The molecule has 4 heterocycles. The van der Waals surface area contributed by atoms with E-state index in [4.69, 9.17) is 4.42 Å². The second-order valence-electron chi connectivity index (χ2n) is 7.06. The fourth-order valence-electron chi connectivity index (χ4n) is 3.94. The Kier molecular flexibility index (Phi) is 4.43. The Morgan fingerprint density at radius 2 is 2.04 bits per heavy atom. The maximum Gasteiger partial charge on any atom is 0.276 e. The second-order valence-corrected chi connectivity index (χ2v) is 9.22. The number of aryl methyl sites for hydroxylation is 1. The molecule has 0 spiro atoms. The Morgan fingerprint density at radius 1 is 1.26 bits per heavy atom. The molecule has 2 aromatic rings. The Balaban J connectivity index is 1.60. The summed E-state index contributed by atoms with van der Waals surface area (Å²) in [5, 5.41) is 9.95. The predicted octanol–water partition coefficient (Wildman–Crippen LogP) is 0.812. The molecule has 2 atom stereocenters. The number of aromatic hydroxyl groups is 1. The number of furan rings is 1. The van der Waals surface area contributed by atoms with Gasteiger partial charge < -0.3 is 14.4 Å². The van der Waals surface area contributed by atoms with Gasteiger partial charge in [-0.05, 0) is 31.2 Å². The summed E-state index contributed by atoms with van der Waals surface area (Å²) in [6, 6.07) is 5.94. The van der Waals surface area contributed by atoms with Crippen molar-refractivity contribution in [3.8, 4) is 5.75 Å². The second kappa shape index (κ2) is 6.65. The van der Waals surface area contributed by atoms with E-state index in [9.17, 15) is 18.3 Å². The largest absolute Gasteiger partial charge is 0.505 e. The first-order valence-electron chi connectivity index (χ1n) is 8.79. The zero-order chi connectivity index (χ0) is 19.2. The van der Waals surface area contributed by atoms with Crippen LogP contribution in [0, 0.1) is 6.92 Å². The molecule has 0 bridgehead atoms. The standard InChI is InChI=1S/C18H21N3O5S/c1-12-4-5-13(26-12)9-20-7-8-21(15-11-27(24,25)10-14(15)20)18(23)17-16(22)3-2-6-19-17/h2-6,14-15,22H,7-11H2,1H3/t14-,15+/m1/s1. The van der Waals surface area contributed by atoms with E-state index in [-0.39, 0.29) is 29.0 Å². The van der Waals surface area contributed by atoms with Gasteiger partial charge in [0.2, 0.25) is 0 Å². The molecule has 144 valence electrons. The molecular formula is C18H21N3O5S. The molecule has 0 aliphatic carbocycles. The number of carbonyl (C=O) groups excluding carboxylic acids is 1. The minimum Gasteiger partial charge on any atom is -0.505 e. The minimum absolute atomic E-state index is 0.00926. The van der Waals surface area contributed by atoms with E-state index in [1.54, 1.807) is 4.90 Å². The van der Waals surface area contributed by atoms with Crippen LogP contribution in [-0.2, 0) is 16.4 Å². The number of rotatable bonds is 3. The lowest BCUT2D eigenvalue weighted by Crippen LogP contribution is -2.60. The lowest BCUT2D eigenvalue weighted by molar-refractivity contribution is 0.0278. The molecule has 4 rings (SSSR count). The van der Waals surface area contributed by atoms with Crippen LogP contribution in [0.2, 0.25) is 0 Å². The van der Waals surface area contributed by atoms with Crippen LogP contribution in [0.25, 0.3) is 0 Å². The molecular weight excluding hydrogens is 370 g/mol. The van der Waals surface area contributed by atoms with Crippen molar-refractivity contribution in [2.24, 2.45) is 0 Å². The maximum absolute atomic E-state index is 12.9. The number of aromatic nitrogens is 1. The number of carbonyl (C=O) groups is 1. The summed E-state index contributed by atoms with van der Waals surface area (Å²) in [5.74, 6) is 0.875. The van der Waals surface area contributed by atoms with Gasteiger partial charge in [-0.1, -0.05) is 0 Å². The summed E-state index contributed by atoms with van der Waals surface area (Å²) in [5.41, 5.74) is -0.0457. The quantitative estimate of drug-likeness (QED) is 0.826. The molecule has 2 aliphatic rings. The number of hydrogen-bond acceptors (Lipinski definition) is 7. The molecule has 0 aromatic carbocycles. The van der Waals surface area contributed by atoms with Crippen LogP contribution in [0.5, 0.6) is 5.75 Å². The van der Waals surface area contributed by atoms with Gasteiger partial charge in [0.25, 0.3) is 5.91 Å². The van der Waals surface area contributed by atoms with Gasteiger partial charge in [-0.2, -0.15) is 0 Å². The molecule has 0 saturated carbocycles. The third-order valence-corrected chi connectivity index (χ3v) is 6.89. The zero-order valence-corrected chi connectivity index (χ0v) is 15.7. The average molecular weight is 391 g/mol. The van der Waals surface area contributed by atoms with Gasteiger partial charge in [-0.3, -0.25) is 9.69 Å². The molecule has 8 nitrogen and oxygen atoms in total. The van der Waals surface area contributed by atoms with Gasteiger partial charge in [0.05, 0.1) is 24.1 Å². The third kappa shape index (κ3) is 3.44. The van der Waals surface area contributed by atoms with Crippen molar-refractivity contribution in [3.05, 3.63) is 47.7 Å². The van der Waals surface area contributed by atoms with E-state index < -0.39 is 21.8 Å². The van der Waals surface area contributed by atoms with Gasteiger partial charge in [-0.25, -0.2) is 13.4 Å². The molecule has 1 amide bonds. The van der Waals surface area contributed by atoms with Crippen molar-refractivity contribution in [1.82, 2.24) is 14.8 Å². The van der Waals surface area contributed by atoms with Crippen molar-refractivity contribution in [3.63, 3.8) is 0 Å². The normalized spacial score (nSPS) is 24.7. The van der Waals surface area contributed by atoms with Gasteiger partial charge in [0, 0.05) is 25.3 Å². The monoisotopic (exact) mass is 391 g/mol. The number of sulfone groups is 1. The Labute approximate surface area is 157 Å². The fourth-order valence-corrected chi connectivity index (χ4v) is 5.95. The average Bonchev–Trinajstić information content (AvgIpc) is 3.17. The summed E-state index contributed by atoms with van der Waals surface area (Å²) in [7, 11) is -3.26. The summed E-state index contributed by atoms with van der Waals surface area (Å²) in [6.07, 6.45) is 1.44. The maximum atomic E-state index is 12.9. The molecule has 2 aromatic heterocycles. The molecule has 27 heavy (non-hydrogen) atoms. The molecule has 1 N–H and O–H groups in total. The van der Waals surface area contributed by atoms with E-state index in [0.29, 0.717) is 19.6 Å². The van der Waals surface area contributed by atoms with Crippen molar-refractivity contribution >= 4 is 15.7 Å². The lowest BCUT2D eigenvalue weighted by Gasteiger charge is -2.43. The van der Waals surface area contributed by atoms with Crippen molar-refractivity contribution in [2.45, 2.75) is 25.6 Å². The van der Waals surface area contributed by atoms with Crippen LogP contribution < -0.4 is 0 Å². The van der Waals surface area contributed by atoms with E-state index in [0.717, 1.165) is 11.5 Å². The van der Waals surface area contributed by atoms with Crippen LogP contribution in [0.3, 0.4) is 0 Å². The van der Waals surface area contributed by atoms with E-state index in [1.165, 1.54) is 18.3 Å². The van der Waals surface area contributed by atoms with E-state index in [1.807, 2.05) is 19.1 Å². The van der Waals surface area contributed by atoms with E-state index >= 15 is 0 Å². The first-order chi connectivity index (χ1) is 12.8. The summed E-state index contributed by atoms with van der Waals surface area (Å²) < 4.78 is 30.3. The SMILES string of the molecule is Cc1ccc(CN2CCN(C(=O)c3ncccc3O)[C@H]3CS(=O)(=O)C[C@H]32)o1. The van der Waals surface area contributed by atoms with Crippen LogP contribution >= 0.6 is 0 Å². The molecule has 2 fully saturated rings. The highest BCUT2D eigenvalue weighted by Crippen LogP contribution is 2.30. The molecule has 2 saturated heterocycles. The minimum atomic E-state index is -3.26. The number of piperazine rings is 1. The van der Waals surface area contributed by atoms with Crippen molar-refractivity contribution in [2.75, 3.05) is 24.6 Å². The van der Waals surface area contributed by atoms with Crippen LogP contribution in [0.4, 0.5) is 0 Å². The Bertz CT molecular complexity index is 971. The molecule has 9 heteroatoms. The lowest BCUT2D eigenvalue weighted by atomic mass is 10.0. The highest BCUT2D eigenvalue weighted by Gasteiger charge is 2.48. The highest BCUT2D eigenvalue weighted by molar-refractivity contribution is 7.91. The number of nitrogens with zero attached hydrogens (tertiary/aromatic N) is 3. The molecule has 2 aliphatic heterocycles. The number of hydrogen-bond donors (Lipinski definition) is 1. The molecule has 0 radical (unpaired) electrons. The summed E-state index contributed by atoms with van der Waals surface area (Å²) in [4.78, 5) is 20.5. The van der Waals surface area contributed by atoms with E-state index in [2.05, 4.69) is 9.88 Å². The van der Waals surface area contributed by atoms with Crippen molar-refractivity contribution < 1.29 is 22.7 Å². The smallest absolute Gasteiger partial charge is 0.276 e. The fraction of sp³-hybridized carbons (Fsp3) is 0.444. The Morgan fingerprint density at radius 3 is 2.74 bits per heavy atom. The van der Waals surface area contributed by atoms with Crippen LogP contribution in [0.15, 0.2) is 34.9 Å². The first-order valence-corrected chi connectivity index (χ1v) is 10.6. The van der Waals surface area contributed by atoms with Gasteiger partial charge in [0.15, 0.2) is 15.5 Å². The molecule has 0 unspecified atom stereocenters. The number of amides is 1. The highest BCUT2D eigenvalue weighted by atomic mass is 32.2. The van der Waals surface area contributed by atoms with Gasteiger partial charge in [-0.15, -0.1) is 0 Å². The Hall–Kier alpha value is -2.39. The summed E-state index contributed by atoms with van der Waals surface area (Å²) >= 11 is 0. The third-order valence-electron chi connectivity index (χ3n) is 5.20. The van der Waals surface area contributed by atoms with Crippen LogP contribution in [-0.4, -0.2) is 70.9 Å². The number of pyridine rings is 1. The van der Waals surface area contributed by atoms with Crippen molar-refractivity contribution in [1.29, 1.82) is 0 Å². The summed E-state index contributed by atoms with van der Waals surface area (Å²) in [6.45, 7) is 3.25.